The van der Waals surface area contributed by atoms with Crippen LogP contribution in [0, 0.1) is 0 Å². The van der Waals surface area contributed by atoms with Crippen molar-refractivity contribution in [3.8, 4) is 0 Å². The fourth-order valence-corrected chi connectivity index (χ4v) is 2.77. The maximum Gasteiger partial charge on any atom is 0.315 e. The Bertz CT molecular complexity index is 450. The van der Waals surface area contributed by atoms with Crippen LogP contribution in [0.4, 0.5) is 4.79 Å². The van der Waals surface area contributed by atoms with Crippen molar-refractivity contribution in [1.29, 1.82) is 0 Å². The predicted octanol–water partition coefficient (Wildman–Crippen LogP) is 2.91. The Hall–Kier alpha value is -1.55. The highest BCUT2D eigenvalue weighted by Gasteiger charge is 2.21. The van der Waals surface area contributed by atoms with E-state index < -0.39 is 0 Å². The molecule has 1 aliphatic rings. The number of urea groups is 1. The van der Waals surface area contributed by atoms with Gasteiger partial charge in [-0.2, -0.15) is 0 Å². The van der Waals surface area contributed by atoms with E-state index >= 15 is 0 Å². The van der Waals surface area contributed by atoms with E-state index in [4.69, 9.17) is 0 Å². The molecule has 4 heteroatoms. The van der Waals surface area contributed by atoms with E-state index in [0.29, 0.717) is 0 Å². The minimum atomic E-state index is -0.192. The maximum absolute atomic E-state index is 12.0. The molecule has 2 rings (SSSR count). The average molecular weight is 290 g/mol. The van der Waals surface area contributed by atoms with Gasteiger partial charge in [0.15, 0.2) is 0 Å². The minimum Gasteiger partial charge on any atom is -0.393 e. The smallest absolute Gasteiger partial charge is 0.315 e. The summed E-state index contributed by atoms with van der Waals surface area (Å²) in [7, 11) is 0. The average Bonchev–Trinajstić information content (AvgIpc) is 2.49. The summed E-state index contributed by atoms with van der Waals surface area (Å²) in [5.74, 6) is 0. The molecule has 2 amide bonds. The number of rotatable bonds is 4. The van der Waals surface area contributed by atoms with Gasteiger partial charge in [-0.25, -0.2) is 4.79 Å². The first-order valence-electron chi connectivity index (χ1n) is 7.92. The van der Waals surface area contributed by atoms with E-state index in [9.17, 15) is 9.90 Å². The van der Waals surface area contributed by atoms with Crippen molar-refractivity contribution < 1.29 is 9.90 Å². The summed E-state index contributed by atoms with van der Waals surface area (Å²) in [6.45, 7) is 4.12. The summed E-state index contributed by atoms with van der Waals surface area (Å²) in [5.41, 5.74) is 2.41. The van der Waals surface area contributed by atoms with E-state index in [1.54, 1.807) is 0 Å². The molecule has 0 radical (unpaired) electrons. The lowest BCUT2D eigenvalue weighted by Crippen LogP contribution is -2.44. The molecule has 1 aromatic carbocycles. The molecular weight excluding hydrogens is 264 g/mol. The van der Waals surface area contributed by atoms with Gasteiger partial charge in [-0.1, -0.05) is 31.2 Å². The van der Waals surface area contributed by atoms with Crippen LogP contribution in [0.3, 0.4) is 0 Å². The Kier molecular flexibility index (Phi) is 5.62. The summed E-state index contributed by atoms with van der Waals surface area (Å²) >= 11 is 0. The normalized spacial score (nSPS) is 23.4. The largest absolute Gasteiger partial charge is 0.393 e. The van der Waals surface area contributed by atoms with Crippen molar-refractivity contribution in [2.45, 2.75) is 64.1 Å². The van der Waals surface area contributed by atoms with E-state index in [2.05, 4.69) is 41.8 Å². The van der Waals surface area contributed by atoms with Gasteiger partial charge in [-0.05, 0) is 50.2 Å². The number of hydrogen-bond acceptors (Lipinski definition) is 2. The summed E-state index contributed by atoms with van der Waals surface area (Å²) in [6, 6.07) is 8.40. The van der Waals surface area contributed by atoms with Crippen LogP contribution in [-0.2, 0) is 6.42 Å². The summed E-state index contributed by atoms with van der Waals surface area (Å²) < 4.78 is 0. The van der Waals surface area contributed by atoms with Crippen LogP contribution in [0.5, 0.6) is 0 Å². The lowest BCUT2D eigenvalue weighted by atomic mass is 9.93. The number of nitrogens with one attached hydrogen (secondary N) is 2. The molecule has 0 saturated heterocycles. The highest BCUT2D eigenvalue weighted by Crippen LogP contribution is 2.18. The number of carbonyl (C=O) groups excluding carboxylic acids is 1. The van der Waals surface area contributed by atoms with Gasteiger partial charge in [0.05, 0.1) is 12.1 Å². The third-order valence-corrected chi connectivity index (χ3v) is 4.27. The fraction of sp³-hybridized carbons (Fsp3) is 0.588. The number of benzene rings is 1. The molecule has 1 unspecified atom stereocenters. The van der Waals surface area contributed by atoms with Crippen molar-refractivity contribution in [2.75, 3.05) is 0 Å². The van der Waals surface area contributed by atoms with Crippen LogP contribution in [0.15, 0.2) is 24.3 Å². The van der Waals surface area contributed by atoms with Crippen LogP contribution >= 0.6 is 0 Å². The Morgan fingerprint density at radius 2 is 1.86 bits per heavy atom. The first kappa shape index (κ1) is 15.8. The van der Waals surface area contributed by atoms with Gasteiger partial charge in [-0.15, -0.1) is 0 Å². The second kappa shape index (κ2) is 7.46. The van der Waals surface area contributed by atoms with E-state index in [1.165, 1.54) is 5.56 Å². The van der Waals surface area contributed by atoms with E-state index in [1.807, 2.05) is 6.92 Å². The number of aliphatic hydroxyl groups excluding tert-OH is 1. The Morgan fingerprint density at radius 1 is 1.24 bits per heavy atom. The van der Waals surface area contributed by atoms with Crippen molar-refractivity contribution in [1.82, 2.24) is 10.6 Å². The molecule has 0 spiro atoms. The van der Waals surface area contributed by atoms with Crippen LogP contribution in [0.2, 0.25) is 0 Å². The van der Waals surface area contributed by atoms with Gasteiger partial charge < -0.3 is 15.7 Å². The molecule has 1 saturated carbocycles. The van der Waals surface area contributed by atoms with E-state index in [-0.39, 0.29) is 24.2 Å². The lowest BCUT2D eigenvalue weighted by molar-refractivity contribution is 0.117. The van der Waals surface area contributed by atoms with Gasteiger partial charge in [0, 0.05) is 6.04 Å². The molecule has 21 heavy (non-hydrogen) atoms. The van der Waals surface area contributed by atoms with Crippen LogP contribution in [0.25, 0.3) is 0 Å². The van der Waals surface area contributed by atoms with Crippen LogP contribution in [0.1, 0.15) is 56.7 Å². The second-order valence-electron chi connectivity index (χ2n) is 5.94. The molecule has 1 aliphatic carbocycles. The van der Waals surface area contributed by atoms with Crippen molar-refractivity contribution in [3.05, 3.63) is 35.4 Å². The molecule has 1 aromatic rings. The van der Waals surface area contributed by atoms with Gasteiger partial charge >= 0.3 is 6.03 Å². The van der Waals surface area contributed by atoms with Crippen molar-refractivity contribution in [3.63, 3.8) is 0 Å². The van der Waals surface area contributed by atoms with Crippen LogP contribution in [-0.4, -0.2) is 23.3 Å². The maximum atomic E-state index is 12.0. The van der Waals surface area contributed by atoms with Gasteiger partial charge in [-0.3, -0.25) is 0 Å². The third kappa shape index (κ3) is 4.74. The number of amides is 2. The second-order valence-corrected chi connectivity index (χ2v) is 5.94. The van der Waals surface area contributed by atoms with Gasteiger partial charge in [0.2, 0.25) is 0 Å². The third-order valence-electron chi connectivity index (χ3n) is 4.27. The van der Waals surface area contributed by atoms with E-state index in [0.717, 1.165) is 37.7 Å². The highest BCUT2D eigenvalue weighted by atomic mass is 16.3. The van der Waals surface area contributed by atoms with Crippen molar-refractivity contribution >= 4 is 6.03 Å². The van der Waals surface area contributed by atoms with Gasteiger partial charge in [0.25, 0.3) is 0 Å². The number of hydrogen-bond donors (Lipinski definition) is 3. The summed E-state index contributed by atoms with van der Waals surface area (Å²) in [6.07, 6.45) is 4.10. The number of aryl methyl sites for hydroxylation is 1. The molecule has 0 aromatic heterocycles. The molecule has 116 valence electrons. The molecule has 0 heterocycles. The first-order valence-corrected chi connectivity index (χ1v) is 7.92. The highest BCUT2D eigenvalue weighted by molar-refractivity contribution is 5.74. The molecule has 4 nitrogen and oxygen atoms in total. The standard InChI is InChI=1S/C17H26N2O2/c1-3-13-4-6-14(7-5-13)12(2)18-17(21)19-15-8-10-16(20)11-9-15/h4-7,12,15-16,20H,3,8-11H2,1-2H3,(H2,18,19,21). The zero-order valence-electron chi connectivity index (χ0n) is 12.9. The summed E-state index contributed by atoms with van der Waals surface area (Å²) in [5, 5.41) is 15.5. The zero-order valence-corrected chi connectivity index (χ0v) is 12.9. The molecule has 0 aliphatic heterocycles. The quantitative estimate of drug-likeness (QED) is 0.798. The fourth-order valence-electron chi connectivity index (χ4n) is 2.77. The molecular formula is C17H26N2O2. The first-order chi connectivity index (χ1) is 10.1. The van der Waals surface area contributed by atoms with Gasteiger partial charge in [0.1, 0.15) is 0 Å². The number of aliphatic hydroxyl groups is 1. The van der Waals surface area contributed by atoms with Crippen molar-refractivity contribution in [2.24, 2.45) is 0 Å². The SMILES string of the molecule is CCc1ccc(C(C)NC(=O)NC2CCC(O)CC2)cc1. The molecule has 0 bridgehead atoms. The molecule has 3 N–H and O–H groups in total. The lowest BCUT2D eigenvalue weighted by Gasteiger charge is -2.27. The topological polar surface area (TPSA) is 61.4 Å². The Balaban J connectivity index is 1.81. The van der Waals surface area contributed by atoms with Crippen LogP contribution < -0.4 is 10.6 Å². The zero-order chi connectivity index (χ0) is 15.2. The molecule has 1 atom stereocenters. The Labute approximate surface area is 126 Å². The summed E-state index contributed by atoms with van der Waals surface area (Å²) in [4.78, 5) is 12.0. The Morgan fingerprint density at radius 3 is 2.43 bits per heavy atom. The minimum absolute atomic E-state index is 0.00918. The molecule has 1 fully saturated rings. The number of carbonyl (C=O) groups is 1. The monoisotopic (exact) mass is 290 g/mol. The predicted molar refractivity (Wildman–Crippen MR) is 84.2 cm³/mol.